The minimum Gasteiger partial charge on any atom is -0.468 e. The lowest BCUT2D eigenvalue weighted by atomic mass is 10.2. The lowest BCUT2D eigenvalue weighted by molar-refractivity contribution is -0.384. The third-order valence-electron chi connectivity index (χ3n) is 3.83. The van der Waals surface area contributed by atoms with Gasteiger partial charge in [0, 0.05) is 18.2 Å². The van der Waals surface area contributed by atoms with Gasteiger partial charge in [-0.25, -0.2) is 0 Å². The molecule has 1 amide bonds. The van der Waals surface area contributed by atoms with Gasteiger partial charge in [0.25, 0.3) is 11.6 Å². The Balaban J connectivity index is 1.90. The first-order valence-corrected chi connectivity index (χ1v) is 8.96. The minimum absolute atomic E-state index is 0.0257. The van der Waals surface area contributed by atoms with Crippen molar-refractivity contribution in [2.24, 2.45) is 4.99 Å². The van der Waals surface area contributed by atoms with Gasteiger partial charge in [0.05, 0.1) is 22.2 Å². The molecular weight excluding hydrogens is 382 g/mol. The van der Waals surface area contributed by atoms with Gasteiger partial charge >= 0.3 is 5.97 Å². The third-order valence-corrected chi connectivity index (χ3v) is 4.89. The molecule has 0 radical (unpaired) electrons. The molecule has 1 aromatic heterocycles. The van der Waals surface area contributed by atoms with Crippen LogP contribution < -0.4 is 4.80 Å². The van der Waals surface area contributed by atoms with Crippen molar-refractivity contribution in [3.8, 4) is 0 Å². The third kappa shape index (κ3) is 4.38. The van der Waals surface area contributed by atoms with E-state index in [9.17, 15) is 19.7 Å². The van der Waals surface area contributed by atoms with Gasteiger partial charge in [0.15, 0.2) is 4.80 Å². The standard InChI is InChI=1S/C19H15N3O5S/c1-27-18(24)12-21-15-4-2-3-5-16(15)28-19(21)20-17(23)11-8-13-6-9-14(10-7-13)22(25)26/h2-11H,12H2,1H3/b11-8-,20-19?. The molecule has 9 heteroatoms. The molecule has 0 aliphatic rings. The number of fused-ring (bicyclic) bond motifs is 1. The number of nitro groups is 1. The Labute approximate surface area is 163 Å². The molecule has 28 heavy (non-hydrogen) atoms. The SMILES string of the molecule is COC(=O)Cn1c(=NC(=O)/C=C\c2ccc([N+](=O)[O-])cc2)sc2ccccc21. The van der Waals surface area contributed by atoms with Gasteiger partial charge < -0.3 is 9.30 Å². The number of aromatic nitrogens is 1. The Morgan fingerprint density at radius 3 is 2.61 bits per heavy atom. The highest BCUT2D eigenvalue weighted by Crippen LogP contribution is 2.17. The van der Waals surface area contributed by atoms with E-state index in [1.807, 2.05) is 24.3 Å². The molecule has 3 rings (SSSR count). The van der Waals surface area contributed by atoms with Crippen LogP contribution in [-0.2, 0) is 20.9 Å². The number of esters is 1. The summed E-state index contributed by atoms with van der Waals surface area (Å²) in [5.74, 6) is -0.956. The number of methoxy groups -OCH3 is 1. The van der Waals surface area contributed by atoms with Crippen molar-refractivity contribution >= 4 is 45.2 Å². The van der Waals surface area contributed by atoms with Crippen LogP contribution in [0, 0.1) is 10.1 Å². The van der Waals surface area contributed by atoms with E-state index in [0.717, 1.165) is 10.2 Å². The summed E-state index contributed by atoms with van der Waals surface area (Å²) in [6.07, 6.45) is 2.79. The summed E-state index contributed by atoms with van der Waals surface area (Å²) in [5, 5.41) is 10.7. The Morgan fingerprint density at radius 1 is 1.21 bits per heavy atom. The number of hydrogen-bond donors (Lipinski definition) is 0. The van der Waals surface area contributed by atoms with Crippen LogP contribution in [0.5, 0.6) is 0 Å². The number of para-hydroxylation sites is 1. The van der Waals surface area contributed by atoms with Crippen molar-refractivity contribution in [1.29, 1.82) is 0 Å². The number of benzene rings is 2. The Kier molecular flexibility index (Phi) is 5.75. The smallest absolute Gasteiger partial charge is 0.325 e. The average molecular weight is 397 g/mol. The van der Waals surface area contributed by atoms with Gasteiger partial charge in [-0.05, 0) is 35.9 Å². The first-order valence-electron chi connectivity index (χ1n) is 8.14. The maximum absolute atomic E-state index is 12.3. The molecule has 0 aliphatic heterocycles. The van der Waals surface area contributed by atoms with E-state index >= 15 is 0 Å². The zero-order valence-electron chi connectivity index (χ0n) is 14.8. The molecule has 0 unspecified atom stereocenters. The first-order chi connectivity index (χ1) is 13.5. The fraction of sp³-hybridized carbons (Fsp3) is 0.105. The second-order valence-electron chi connectivity index (χ2n) is 5.65. The molecule has 0 atom stereocenters. The maximum atomic E-state index is 12.3. The number of carbonyl (C=O) groups excluding carboxylic acids is 2. The van der Waals surface area contributed by atoms with Gasteiger partial charge in [-0.3, -0.25) is 19.7 Å². The monoisotopic (exact) mass is 397 g/mol. The second kappa shape index (κ2) is 8.40. The molecule has 0 saturated carbocycles. The number of hydrogen-bond acceptors (Lipinski definition) is 6. The van der Waals surface area contributed by atoms with Gasteiger partial charge in [-0.15, -0.1) is 0 Å². The zero-order chi connectivity index (χ0) is 20.1. The molecule has 0 saturated heterocycles. The number of ether oxygens (including phenoxy) is 1. The van der Waals surface area contributed by atoms with Crippen molar-refractivity contribution in [3.05, 3.63) is 75.1 Å². The van der Waals surface area contributed by atoms with Crippen LogP contribution in [0.2, 0.25) is 0 Å². The summed E-state index contributed by atoms with van der Waals surface area (Å²) < 4.78 is 7.24. The molecule has 1 heterocycles. The lowest BCUT2D eigenvalue weighted by Gasteiger charge is -2.02. The van der Waals surface area contributed by atoms with E-state index in [2.05, 4.69) is 4.99 Å². The van der Waals surface area contributed by atoms with E-state index < -0.39 is 16.8 Å². The fourth-order valence-electron chi connectivity index (χ4n) is 2.46. The fourth-order valence-corrected chi connectivity index (χ4v) is 3.49. The summed E-state index contributed by atoms with van der Waals surface area (Å²) in [7, 11) is 1.30. The Morgan fingerprint density at radius 2 is 1.93 bits per heavy atom. The molecule has 142 valence electrons. The molecule has 3 aromatic rings. The highest BCUT2D eigenvalue weighted by molar-refractivity contribution is 7.16. The molecule has 0 aliphatic carbocycles. The van der Waals surface area contributed by atoms with Crippen molar-refractivity contribution in [3.63, 3.8) is 0 Å². The first kappa shape index (κ1) is 19.2. The molecule has 0 spiro atoms. The Bertz CT molecular complexity index is 1140. The van der Waals surface area contributed by atoms with Crippen LogP contribution in [-0.4, -0.2) is 28.5 Å². The van der Waals surface area contributed by atoms with Crippen LogP contribution in [0.4, 0.5) is 5.69 Å². The Hall–Kier alpha value is -3.59. The number of non-ortho nitro benzene ring substituents is 1. The van der Waals surface area contributed by atoms with Gasteiger partial charge in [-0.2, -0.15) is 4.99 Å². The number of nitro benzene ring substituents is 1. The van der Waals surface area contributed by atoms with Crippen LogP contribution in [0.1, 0.15) is 5.56 Å². The van der Waals surface area contributed by atoms with E-state index in [1.54, 1.807) is 16.7 Å². The van der Waals surface area contributed by atoms with Crippen LogP contribution in [0.25, 0.3) is 16.3 Å². The topological polar surface area (TPSA) is 104 Å². The number of rotatable bonds is 5. The molecule has 8 nitrogen and oxygen atoms in total. The summed E-state index contributed by atoms with van der Waals surface area (Å²) >= 11 is 1.29. The summed E-state index contributed by atoms with van der Waals surface area (Å²) in [6.45, 7) is -0.0569. The molecule has 0 bridgehead atoms. The number of carbonyl (C=O) groups is 2. The summed E-state index contributed by atoms with van der Waals surface area (Å²) in [6, 6.07) is 13.2. The van der Waals surface area contributed by atoms with E-state index in [0.29, 0.717) is 10.4 Å². The highest BCUT2D eigenvalue weighted by atomic mass is 32.1. The number of thiazole rings is 1. The molecular formula is C19H15N3O5S. The zero-order valence-corrected chi connectivity index (χ0v) is 15.6. The van der Waals surface area contributed by atoms with Crippen molar-refractivity contribution < 1.29 is 19.2 Å². The quantitative estimate of drug-likeness (QED) is 0.285. The van der Waals surface area contributed by atoms with Crippen LogP contribution in [0.3, 0.4) is 0 Å². The minimum atomic E-state index is -0.511. The second-order valence-corrected chi connectivity index (χ2v) is 6.66. The predicted molar refractivity (Wildman–Crippen MR) is 105 cm³/mol. The predicted octanol–water partition coefficient (Wildman–Crippen LogP) is 2.92. The van der Waals surface area contributed by atoms with Gasteiger partial charge in [-0.1, -0.05) is 23.5 Å². The van der Waals surface area contributed by atoms with Crippen molar-refractivity contribution in [2.45, 2.75) is 6.54 Å². The number of amides is 1. The highest BCUT2D eigenvalue weighted by Gasteiger charge is 2.10. The van der Waals surface area contributed by atoms with Crippen LogP contribution >= 0.6 is 11.3 Å². The van der Waals surface area contributed by atoms with E-state index in [-0.39, 0.29) is 12.2 Å². The van der Waals surface area contributed by atoms with Gasteiger partial charge in [0.1, 0.15) is 6.54 Å². The molecule has 0 N–H and O–H groups in total. The summed E-state index contributed by atoms with van der Waals surface area (Å²) in [5.41, 5.74) is 1.39. The summed E-state index contributed by atoms with van der Waals surface area (Å²) in [4.78, 5) is 38.6. The molecule has 2 aromatic carbocycles. The van der Waals surface area contributed by atoms with Crippen LogP contribution in [0.15, 0.2) is 59.6 Å². The van der Waals surface area contributed by atoms with Gasteiger partial charge in [0.2, 0.25) is 0 Å². The maximum Gasteiger partial charge on any atom is 0.325 e. The average Bonchev–Trinajstić information content (AvgIpc) is 3.03. The normalized spacial score (nSPS) is 11.8. The van der Waals surface area contributed by atoms with Crippen molar-refractivity contribution in [2.75, 3.05) is 7.11 Å². The van der Waals surface area contributed by atoms with E-state index in [1.165, 1.54) is 42.7 Å². The number of nitrogens with zero attached hydrogens (tertiary/aromatic N) is 3. The van der Waals surface area contributed by atoms with E-state index in [4.69, 9.17) is 4.74 Å². The lowest BCUT2D eigenvalue weighted by Crippen LogP contribution is -2.22. The van der Waals surface area contributed by atoms with Crippen molar-refractivity contribution in [1.82, 2.24) is 4.57 Å². The molecule has 0 fully saturated rings. The largest absolute Gasteiger partial charge is 0.468 e.